The topological polar surface area (TPSA) is 105 Å². The Morgan fingerprint density at radius 3 is 2.79 bits per heavy atom. The van der Waals surface area contributed by atoms with Crippen molar-refractivity contribution in [2.75, 3.05) is 37.2 Å². The summed E-state index contributed by atoms with van der Waals surface area (Å²) in [7, 11) is -3.42. The van der Waals surface area contributed by atoms with Gasteiger partial charge in [0.05, 0.1) is 18.3 Å². The minimum Gasteiger partial charge on any atom is -0.376 e. The van der Waals surface area contributed by atoms with E-state index in [1.54, 1.807) is 23.1 Å². The number of rotatable bonds is 6. The van der Waals surface area contributed by atoms with E-state index in [0.717, 1.165) is 38.5 Å². The van der Waals surface area contributed by atoms with Crippen LogP contribution in [0.1, 0.15) is 36.0 Å². The number of hydrogen-bond donors (Lipinski definition) is 2. The van der Waals surface area contributed by atoms with Crippen molar-refractivity contribution in [1.82, 2.24) is 10.2 Å². The standard InChI is InChI=1S/C19H27N3O5S/c1-28(25,26)21-16-7-2-5-14(11-16)19(24)22-9-3-6-15(13-22)18(23)20-12-17-8-4-10-27-17/h2,5,7,11,15,17,21H,3-4,6,8-10,12-13H2,1H3,(H,20,23). The maximum atomic E-state index is 12.8. The largest absolute Gasteiger partial charge is 0.376 e. The summed E-state index contributed by atoms with van der Waals surface area (Å²) in [5, 5.41) is 2.95. The number of piperidine rings is 1. The lowest BCUT2D eigenvalue weighted by Crippen LogP contribution is -2.46. The second-order valence-corrected chi connectivity index (χ2v) is 9.17. The van der Waals surface area contributed by atoms with Gasteiger partial charge in [-0.2, -0.15) is 0 Å². The fourth-order valence-electron chi connectivity index (χ4n) is 3.65. The second-order valence-electron chi connectivity index (χ2n) is 7.43. The molecule has 8 nitrogen and oxygen atoms in total. The van der Waals surface area contributed by atoms with Crippen LogP contribution in [0.5, 0.6) is 0 Å². The molecular formula is C19H27N3O5S. The lowest BCUT2D eigenvalue weighted by molar-refractivity contribution is -0.126. The first kappa shape index (κ1) is 20.6. The van der Waals surface area contributed by atoms with E-state index in [2.05, 4.69) is 10.0 Å². The molecule has 2 unspecified atom stereocenters. The highest BCUT2D eigenvalue weighted by Gasteiger charge is 2.29. The first-order valence-corrected chi connectivity index (χ1v) is 11.5. The van der Waals surface area contributed by atoms with E-state index in [1.165, 1.54) is 6.07 Å². The van der Waals surface area contributed by atoms with Crippen LogP contribution in [0, 0.1) is 5.92 Å². The van der Waals surface area contributed by atoms with Crippen molar-refractivity contribution < 1.29 is 22.7 Å². The number of anilines is 1. The SMILES string of the molecule is CS(=O)(=O)Nc1cccc(C(=O)N2CCCC(C(=O)NCC3CCCO3)C2)c1. The first-order valence-electron chi connectivity index (χ1n) is 9.58. The van der Waals surface area contributed by atoms with Crippen molar-refractivity contribution in [2.24, 2.45) is 5.92 Å². The van der Waals surface area contributed by atoms with Gasteiger partial charge in [-0.3, -0.25) is 14.3 Å². The van der Waals surface area contributed by atoms with Gasteiger partial charge in [-0.1, -0.05) is 6.07 Å². The molecule has 2 aliphatic heterocycles. The molecule has 2 aliphatic rings. The quantitative estimate of drug-likeness (QED) is 0.735. The Labute approximate surface area is 165 Å². The van der Waals surface area contributed by atoms with E-state index in [1.807, 2.05) is 0 Å². The predicted molar refractivity (Wildman–Crippen MR) is 106 cm³/mol. The summed E-state index contributed by atoms with van der Waals surface area (Å²) in [5.41, 5.74) is 0.741. The molecule has 0 aliphatic carbocycles. The minimum atomic E-state index is -3.42. The molecule has 0 aromatic heterocycles. The van der Waals surface area contributed by atoms with E-state index < -0.39 is 10.0 Å². The average molecular weight is 410 g/mol. The molecule has 1 aromatic rings. The molecule has 28 heavy (non-hydrogen) atoms. The van der Waals surface area contributed by atoms with Crippen molar-refractivity contribution in [3.8, 4) is 0 Å². The summed E-state index contributed by atoms with van der Waals surface area (Å²) in [6.07, 6.45) is 4.65. The molecule has 0 saturated carbocycles. The Hall–Kier alpha value is -2.13. The van der Waals surface area contributed by atoms with Crippen LogP contribution in [0.3, 0.4) is 0 Å². The van der Waals surface area contributed by atoms with Crippen LogP contribution in [-0.4, -0.2) is 63.7 Å². The molecule has 2 N–H and O–H groups in total. The van der Waals surface area contributed by atoms with Crippen molar-refractivity contribution in [3.63, 3.8) is 0 Å². The molecule has 2 saturated heterocycles. The van der Waals surface area contributed by atoms with Gasteiger partial charge in [-0.15, -0.1) is 0 Å². The predicted octanol–water partition coefficient (Wildman–Crippen LogP) is 1.21. The molecule has 2 heterocycles. The second kappa shape index (κ2) is 8.91. The molecule has 2 amide bonds. The number of nitrogens with one attached hydrogen (secondary N) is 2. The lowest BCUT2D eigenvalue weighted by atomic mass is 9.96. The lowest BCUT2D eigenvalue weighted by Gasteiger charge is -2.32. The number of ether oxygens (including phenoxy) is 1. The van der Waals surface area contributed by atoms with Crippen LogP contribution in [0.2, 0.25) is 0 Å². The van der Waals surface area contributed by atoms with Gasteiger partial charge in [-0.25, -0.2) is 8.42 Å². The number of likely N-dealkylation sites (tertiary alicyclic amines) is 1. The number of carbonyl (C=O) groups excluding carboxylic acids is 2. The Kier molecular flexibility index (Phi) is 6.56. The maximum Gasteiger partial charge on any atom is 0.253 e. The molecule has 2 fully saturated rings. The van der Waals surface area contributed by atoms with Crippen LogP contribution in [0.25, 0.3) is 0 Å². The Balaban J connectivity index is 1.59. The highest BCUT2D eigenvalue weighted by atomic mass is 32.2. The third-order valence-electron chi connectivity index (χ3n) is 5.02. The average Bonchev–Trinajstić information content (AvgIpc) is 3.18. The first-order chi connectivity index (χ1) is 13.3. The van der Waals surface area contributed by atoms with Crippen LogP contribution in [0.15, 0.2) is 24.3 Å². The van der Waals surface area contributed by atoms with Crippen LogP contribution >= 0.6 is 0 Å². The maximum absolute atomic E-state index is 12.8. The summed E-state index contributed by atoms with van der Waals surface area (Å²) in [6.45, 7) is 2.21. The van der Waals surface area contributed by atoms with Gasteiger partial charge < -0.3 is 15.0 Å². The van der Waals surface area contributed by atoms with Crippen LogP contribution in [-0.2, 0) is 19.6 Å². The zero-order chi connectivity index (χ0) is 20.1. The highest BCUT2D eigenvalue weighted by Crippen LogP contribution is 2.21. The van der Waals surface area contributed by atoms with E-state index in [4.69, 9.17) is 4.74 Å². The molecule has 3 rings (SSSR count). The van der Waals surface area contributed by atoms with Gasteiger partial charge in [0.2, 0.25) is 15.9 Å². The molecule has 154 valence electrons. The normalized spacial score (nSPS) is 22.7. The van der Waals surface area contributed by atoms with Gasteiger partial charge in [-0.05, 0) is 43.9 Å². The van der Waals surface area contributed by atoms with Gasteiger partial charge >= 0.3 is 0 Å². The third kappa shape index (κ3) is 5.68. The van der Waals surface area contributed by atoms with Gasteiger partial charge in [0, 0.05) is 37.5 Å². The van der Waals surface area contributed by atoms with Gasteiger partial charge in [0.15, 0.2) is 0 Å². The Morgan fingerprint density at radius 2 is 2.07 bits per heavy atom. The van der Waals surface area contributed by atoms with Crippen molar-refractivity contribution in [2.45, 2.75) is 31.8 Å². The summed E-state index contributed by atoms with van der Waals surface area (Å²) >= 11 is 0. The molecule has 0 radical (unpaired) electrons. The monoisotopic (exact) mass is 409 g/mol. The zero-order valence-electron chi connectivity index (χ0n) is 16.0. The van der Waals surface area contributed by atoms with E-state index in [-0.39, 0.29) is 23.8 Å². The number of amides is 2. The highest BCUT2D eigenvalue weighted by molar-refractivity contribution is 7.92. The van der Waals surface area contributed by atoms with Gasteiger partial charge in [0.1, 0.15) is 0 Å². The Bertz CT molecular complexity index is 821. The van der Waals surface area contributed by atoms with Crippen LogP contribution < -0.4 is 10.0 Å². The molecule has 9 heteroatoms. The molecule has 0 spiro atoms. The molecule has 2 atom stereocenters. The molecule has 1 aromatic carbocycles. The smallest absolute Gasteiger partial charge is 0.253 e. The number of benzene rings is 1. The third-order valence-corrected chi connectivity index (χ3v) is 5.63. The number of nitrogens with zero attached hydrogens (tertiary/aromatic N) is 1. The van der Waals surface area contributed by atoms with Crippen LogP contribution in [0.4, 0.5) is 5.69 Å². The number of carbonyl (C=O) groups is 2. The summed E-state index contributed by atoms with van der Waals surface area (Å²) in [4.78, 5) is 27.0. The number of hydrogen-bond acceptors (Lipinski definition) is 5. The summed E-state index contributed by atoms with van der Waals surface area (Å²) in [5.74, 6) is -0.481. The summed E-state index contributed by atoms with van der Waals surface area (Å²) in [6, 6.07) is 6.40. The molecular weight excluding hydrogens is 382 g/mol. The number of sulfonamides is 1. The minimum absolute atomic E-state index is 0.0412. The Morgan fingerprint density at radius 1 is 1.25 bits per heavy atom. The zero-order valence-corrected chi connectivity index (χ0v) is 16.8. The van der Waals surface area contributed by atoms with Crippen molar-refractivity contribution in [1.29, 1.82) is 0 Å². The summed E-state index contributed by atoms with van der Waals surface area (Å²) < 4.78 is 30.7. The van der Waals surface area contributed by atoms with Crippen molar-refractivity contribution >= 4 is 27.5 Å². The fourth-order valence-corrected chi connectivity index (χ4v) is 4.21. The fraction of sp³-hybridized carbons (Fsp3) is 0.579. The van der Waals surface area contributed by atoms with Crippen molar-refractivity contribution in [3.05, 3.63) is 29.8 Å². The van der Waals surface area contributed by atoms with Gasteiger partial charge in [0.25, 0.3) is 5.91 Å². The molecule has 0 bridgehead atoms. The van der Waals surface area contributed by atoms with E-state index >= 15 is 0 Å². The van der Waals surface area contributed by atoms with E-state index in [0.29, 0.717) is 30.9 Å². The van der Waals surface area contributed by atoms with E-state index in [9.17, 15) is 18.0 Å².